The lowest BCUT2D eigenvalue weighted by atomic mass is 9.95. The van der Waals surface area contributed by atoms with Crippen LogP contribution in [0.4, 0.5) is 5.69 Å². The summed E-state index contributed by atoms with van der Waals surface area (Å²) in [5.74, 6) is 0.519. The highest BCUT2D eigenvalue weighted by Gasteiger charge is 2.37. The summed E-state index contributed by atoms with van der Waals surface area (Å²) in [5, 5.41) is 7.29. The summed E-state index contributed by atoms with van der Waals surface area (Å²) in [6, 6.07) is 6.88. The minimum Gasteiger partial charge on any atom is -0.497 e. The van der Waals surface area contributed by atoms with E-state index in [0.717, 1.165) is 48.4 Å². The number of aryl methyl sites for hydroxylation is 1. The average Bonchev–Trinajstić information content (AvgIpc) is 3.14. The second-order valence-corrected chi connectivity index (χ2v) is 7.10. The molecule has 1 atom stereocenters. The predicted octanol–water partition coefficient (Wildman–Crippen LogP) is 2.17. The summed E-state index contributed by atoms with van der Waals surface area (Å²) in [6.45, 7) is 2.74. The fourth-order valence-electron chi connectivity index (χ4n) is 3.96. The van der Waals surface area contributed by atoms with Gasteiger partial charge < -0.3 is 14.5 Å². The van der Waals surface area contributed by atoms with Crippen LogP contribution in [0.2, 0.25) is 0 Å². The standard InChI is InChI=1S/C20H24N4O3/c1-13-19(25)24(14-7-9-15(27-2)10-8-14)12-11-23(13)20(26)18-16-5-3-4-6-17(16)21-22-18/h7-10,13H,3-6,11-12H2,1-2H3,(H,21,22)/t13-/m0/s1. The molecule has 0 spiro atoms. The number of aromatic amines is 1. The van der Waals surface area contributed by atoms with Crippen molar-refractivity contribution < 1.29 is 14.3 Å². The summed E-state index contributed by atoms with van der Waals surface area (Å²) < 4.78 is 5.17. The second-order valence-electron chi connectivity index (χ2n) is 7.10. The van der Waals surface area contributed by atoms with Gasteiger partial charge in [-0.1, -0.05) is 0 Å². The SMILES string of the molecule is COc1ccc(N2CCN(C(=O)c3n[nH]c4c3CCCC4)[C@@H](C)C2=O)cc1. The molecule has 1 aromatic heterocycles. The van der Waals surface area contributed by atoms with Crippen LogP contribution in [-0.4, -0.2) is 53.2 Å². The number of carbonyl (C=O) groups excluding carboxylic acids is 2. The van der Waals surface area contributed by atoms with Crippen LogP contribution in [0.25, 0.3) is 0 Å². The normalized spacial score (nSPS) is 19.8. The molecule has 1 saturated heterocycles. The number of benzene rings is 1. The Hall–Kier alpha value is -2.83. The Labute approximate surface area is 158 Å². The van der Waals surface area contributed by atoms with Gasteiger partial charge >= 0.3 is 0 Å². The Bertz CT molecular complexity index is 859. The molecule has 0 unspecified atom stereocenters. The lowest BCUT2D eigenvalue weighted by Crippen LogP contribution is -2.58. The highest BCUT2D eigenvalue weighted by atomic mass is 16.5. The quantitative estimate of drug-likeness (QED) is 0.901. The molecule has 2 aliphatic rings. The van der Waals surface area contributed by atoms with Crippen LogP contribution in [0.1, 0.15) is 41.5 Å². The minimum atomic E-state index is -0.524. The molecule has 142 valence electrons. The van der Waals surface area contributed by atoms with Crippen LogP contribution >= 0.6 is 0 Å². The maximum Gasteiger partial charge on any atom is 0.275 e. The molecule has 7 heteroatoms. The maximum absolute atomic E-state index is 13.1. The summed E-state index contributed by atoms with van der Waals surface area (Å²) in [4.78, 5) is 29.4. The molecule has 0 saturated carbocycles. The van der Waals surface area contributed by atoms with Crippen molar-refractivity contribution in [2.45, 2.75) is 38.6 Å². The number of nitrogens with one attached hydrogen (secondary N) is 1. The van der Waals surface area contributed by atoms with E-state index in [4.69, 9.17) is 4.74 Å². The summed E-state index contributed by atoms with van der Waals surface area (Å²) in [7, 11) is 1.61. The van der Waals surface area contributed by atoms with Crippen molar-refractivity contribution in [1.82, 2.24) is 15.1 Å². The molecule has 1 aliphatic heterocycles. The maximum atomic E-state index is 13.1. The Morgan fingerprint density at radius 3 is 2.67 bits per heavy atom. The largest absolute Gasteiger partial charge is 0.497 e. The van der Waals surface area contributed by atoms with Gasteiger partial charge in [-0.3, -0.25) is 14.7 Å². The third kappa shape index (κ3) is 3.07. The number of hydrogen-bond donors (Lipinski definition) is 1. The molecular weight excluding hydrogens is 344 g/mol. The first kappa shape index (κ1) is 17.6. The molecule has 7 nitrogen and oxygen atoms in total. The van der Waals surface area contributed by atoms with Crippen molar-refractivity contribution in [2.75, 3.05) is 25.1 Å². The third-order valence-electron chi connectivity index (χ3n) is 5.56. The minimum absolute atomic E-state index is 0.0795. The molecule has 2 aromatic rings. The zero-order chi connectivity index (χ0) is 19.0. The van der Waals surface area contributed by atoms with E-state index in [0.29, 0.717) is 18.8 Å². The average molecular weight is 368 g/mol. The number of hydrogen-bond acceptors (Lipinski definition) is 4. The molecule has 1 fully saturated rings. The number of aromatic nitrogens is 2. The number of amides is 2. The summed E-state index contributed by atoms with van der Waals surface area (Å²) >= 11 is 0. The number of piperazine rings is 1. The van der Waals surface area contributed by atoms with E-state index in [2.05, 4.69) is 10.2 Å². The van der Waals surface area contributed by atoms with E-state index in [-0.39, 0.29) is 11.8 Å². The first-order valence-corrected chi connectivity index (χ1v) is 9.42. The Balaban J connectivity index is 1.52. The van der Waals surface area contributed by atoms with Crippen molar-refractivity contribution in [1.29, 1.82) is 0 Å². The molecule has 2 heterocycles. The van der Waals surface area contributed by atoms with E-state index in [1.807, 2.05) is 24.3 Å². The summed E-state index contributed by atoms with van der Waals surface area (Å²) in [6.07, 6.45) is 4.02. The van der Waals surface area contributed by atoms with Crippen molar-refractivity contribution in [2.24, 2.45) is 0 Å². The molecule has 1 aromatic carbocycles. The van der Waals surface area contributed by atoms with Crippen molar-refractivity contribution in [3.63, 3.8) is 0 Å². The zero-order valence-corrected chi connectivity index (χ0v) is 15.7. The Morgan fingerprint density at radius 1 is 1.19 bits per heavy atom. The number of nitrogens with zero attached hydrogens (tertiary/aromatic N) is 3. The van der Waals surface area contributed by atoms with E-state index < -0.39 is 6.04 Å². The van der Waals surface area contributed by atoms with Crippen LogP contribution in [0.3, 0.4) is 0 Å². The molecule has 0 bridgehead atoms. The van der Waals surface area contributed by atoms with E-state index in [1.54, 1.807) is 23.8 Å². The number of H-pyrrole nitrogens is 1. The number of rotatable bonds is 3. The van der Waals surface area contributed by atoms with Crippen molar-refractivity contribution in [3.05, 3.63) is 41.2 Å². The molecule has 1 N–H and O–H groups in total. The fraction of sp³-hybridized carbons (Fsp3) is 0.450. The van der Waals surface area contributed by atoms with Crippen molar-refractivity contribution >= 4 is 17.5 Å². The van der Waals surface area contributed by atoms with E-state index in [9.17, 15) is 9.59 Å². The second kappa shape index (κ2) is 7.06. The number of anilines is 1. The van der Waals surface area contributed by atoms with E-state index in [1.165, 1.54) is 0 Å². The Kier molecular flexibility index (Phi) is 4.59. The van der Waals surface area contributed by atoms with Crippen molar-refractivity contribution in [3.8, 4) is 5.75 Å². The van der Waals surface area contributed by atoms with Gasteiger partial charge in [0.05, 0.1) is 7.11 Å². The van der Waals surface area contributed by atoms with Gasteiger partial charge in [0, 0.05) is 30.0 Å². The Morgan fingerprint density at radius 2 is 1.93 bits per heavy atom. The van der Waals surface area contributed by atoms with Gasteiger partial charge in [0.1, 0.15) is 11.8 Å². The van der Waals surface area contributed by atoms with Gasteiger partial charge in [-0.05, 0) is 56.9 Å². The molecule has 4 rings (SSSR count). The van der Waals surface area contributed by atoms with E-state index >= 15 is 0 Å². The van der Waals surface area contributed by atoms with Gasteiger partial charge in [0.15, 0.2) is 5.69 Å². The number of ether oxygens (including phenoxy) is 1. The van der Waals surface area contributed by atoms with Gasteiger partial charge in [-0.25, -0.2) is 0 Å². The molecule has 27 heavy (non-hydrogen) atoms. The predicted molar refractivity (Wildman–Crippen MR) is 101 cm³/mol. The highest BCUT2D eigenvalue weighted by molar-refractivity contribution is 6.03. The van der Waals surface area contributed by atoms with Gasteiger partial charge in [0.2, 0.25) is 5.91 Å². The molecular formula is C20H24N4O3. The van der Waals surface area contributed by atoms with Crippen LogP contribution < -0.4 is 9.64 Å². The molecule has 1 aliphatic carbocycles. The van der Waals surface area contributed by atoms with Crippen LogP contribution in [-0.2, 0) is 17.6 Å². The molecule has 0 radical (unpaired) electrons. The van der Waals surface area contributed by atoms with Crippen LogP contribution in [0, 0.1) is 0 Å². The fourth-order valence-corrected chi connectivity index (χ4v) is 3.96. The summed E-state index contributed by atoms with van der Waals surface area (Å²) in [5.41, 5.74) is 3.41. The topological polar surface area (TPSA) is 78.5 Å². The van der Waals surface area contributed by atoms with Gasteiger partial charge in [-0.15, -0.1) is 0 Å². The third-order valence-corrected chi connectivity index (χ3v) is 5.56. The number of fused-ring (bicyclic) bond motifs is 1. The smallest absolute Gasteiger partial charge is 0.275 e. The van der Waals surface area contributed by atoms with Crippen LogP contribution in [0.15, 0.2) is 24.3 Å². The van der Waals surface area contributed by atoms with Gasteiger partial charge in [-0.2, -0.15) is 5.10 Å². The zero-order valence-electron chi connectivity index (χ0n) is 15.7. The highest BCUT2D eigenvalue weighted by Crippen LogP contribution is 2.26. The first-order valence-electron chi connectivity index (χ1n) is 9.42. The number of methoxy groups -OCH3 is 1. The molecule has 2 amide bonds. The first-order chi connectivity index (χ1) is 13.1. The van der Waals surface area contributed by atoms with Crippen LogP contribution in [0.5, 0.6) is 5.75 Å². The van der Waals surface area contributed by atoms with Gasteiger partial charge in [0.25, 0.3) is 5.91 Å². The lowest BCUT2D eigenvalue weighted by molar-refractivity contribution is -0.124. The monoisotopic (exact) mass is 368 g/mol. The number of carbonyl (C=O) groups is 2. The lowest BCUT2D eigenvalue weighted by Gasteiger charge is -2.39.